The number of aromatic nitrogens is 2. The Balaban J connectivity index is 1.96. The molecule has 0 unspecified atom stereocenters. The lowest BCUT2D eigenvalue weighted by molar-refractivity contribution is -0.114. The molecule has 18 heavy (non-hydrogen) atoms. The topological polar surface area (TPSA) is 66.9 Å². The third kappa shape index (κ3) is 2.02. The summed E-state index contributed by atoms with van der Waals surface area (Å²) in [5, 5.41) is 6.82. The van der Waals surface area contributed by atoms with Crippen molar-refractivity contribution in [3.8, 4) is 0 Å². The number of anilines is 3. The van der Waals surface area contributed by atoms with E-state index in [1.807, 2.05) is 18.2 Å². The van der Waals surface area contributed by atoms with Gasteiger partial charge in [0, 0.05) is 29.9 Å². The summed E-state index contributed by atoms with van der Waals surface area (Å²) in [6.45, 7) is 1.49. The van der Waals surface area contributed by atoms with E-state index in [9.17, 15) is 4.79 Å². The Bertz CT molecular complexity index is 629. The first-order valence-electron chi connectivity index (χ1n) is 5.40. The number of rotatable bonds is 1. The Hall–Kier alpha value is -2.08. The fourth-order valence-electron chi connectivity index (χ4n) is 1.72. The van der Waals surface area contributed by atoms with Gasteiger partial charge in [0.2, 0.25) is 5.91 Å². The summed E-state index contributed by atoms with van der Waals surface area (Å²) in [6, 6.07) is 5.72. The Morgan fingerprint density at radius 1 is 1.33 bits per heavy atom. The minimum Gasteiger partial charge on any atom is -0.337 e. The summed E-state index contributed by atoms with van der Waals surface area (Å²) in [5.41, 5.74) is 1.70. The fourth-order valence-corrected chi connectivity index (χ4v) is 2.59. The summed E-state index contributed by atoms with van der Waals surface area (Å²) >= 11 is 1.56. The zero-order chi connectivity index (χ0) is 12.5. The van der Waals surface area contributed by atoms with Gasteiger partial charge in [0.05, 0.1) is 5.69 Å². The van der Waals surface area contributed by atoms with Crippen molar-refractivity contribution in [3.63, 3.8) is 0 Å². The molecule has 1 amide bonds. The summed E-state index contributed by atoms with van der Waals surface area (Å²) in [6.07, 6.45) is 3.32. The van der Waals surface area contributed by atoms with Crippen LogP contribution in [-0.4, -0.2) is 15.9 Å². The average Bonchev–Trinajstić information content (AvgIpc) is 2.35. The van der Waals surface area contributed by atoms with E-state index in [4.69, 9.17) is 0 Å². The van der Waals surface area contributed by atoms with Crippen LogP contribution in [0.3, 0.4) is 0 Å². The van der Waals surface area contributed by atoms with Crippen molar-refractivity contribution in [3.05, 3.63) is 30.6 Å². The van der Waals surface area contributed by atoms with E-state index in [1.165, 1.54) is 6.92 Å². The highest BCUT2D eigenvalue weighted by atomic mass is 32.2. The highest BCUT2D eigenvalue weighted by Gasteiger charge is 2.17. The van der Waals surface area contributed by atoms with Crippen molar-refractivity contribution >= 4 is 34.9 Å². The van der Waals surface area contributed by atoms with Gasteiger partial charge in [-0.3, -0.25) is 4.79 Å². The Morgan fingerprint density at radius 3 is 3.00 bits per heavy atom. The molecule has 3 rings (SSSR count). The Labute approximate surface area is 108 Å². The van der Waals surface area contributed by atoms with Crippen LogP contribution < -0.4 is 10.6 Å². The second-order valence-electron chi connectivity index (χ2n) is 3.83. The van der Waals surface area contributed by atoms with E-state index in [-0.39, 0.29) is 5.91 Å². The summed E-state index contributed by atoms with van der Waals surface area (Å²) in [5.74, 6) is 0.661. The zero-order valence-electron chi connectivity index (χ0n) is 9.60. The van der Waals surface area contributed by atoms with Gasteiger partial charge in [-0.1, -0.05) is 11.8 Å². The molecule has 2 aromatic rings. The van der Waals surface area contributed by atoms with Crippen LogP contribution >= 0.6 is 11.8 Å². The van der Waals surface area contributed by atoms with Crippen LogP contribution in [0, 0.1) is 0 Å². The minimum atomic E-state index is -0.0846. The van der Waals surface area contributed by atoms with E-state index < -0.39 is 0 Å². The van der Waals surface area contributed by atoms with Gasteiger partial charge in [-0.2, -0.15) is 0 Å². The SMILES string of the molecule is CC(=O)Nc1ccc2c(c1)Nc1nccnc1S2. The second kappa shape index (κ2) is 4.30. The lowest BCUT2D eigenvalue weighted by atomic mass is 10.2. The van der Waals surface area contributed by atoms with Crippen LogP contribution in [0.25, 0.3) is 0 Å². The molecule has 6 heteroatoms. The van der Waals surface area contributed by atoms with Gasteiger partial charge in [0.25, 0.3) is 0 Å². The lowest BCUT2D eigenvalue weighted by Gasteiger charge is -2.19. The van der Waals surface area contributed by atoms with Crippen molar-refractivity contribution in [2.24, 2.45) is 0 Å². The molecule has 1 aromatic heterocycles. The van der Waals surface area contributed by atoms with Crippen molar-refractivity contribution in [2.75, 3.05) is 10.6 Å². The van der Waals surface area contributed by atoms with E-state index in [2.05, 4.69) is 20.6 Å². The Kier molecular flexibility index (Phi) is 2.64. The highest BCUT2D eigenvalue weighted by Crippen LogP contribution is 2.42. The standard InChI is InChI=1S/C12H10N4OS/c1-7(17)15-8-2-3-10-9(6-8)16-11-12(18-10)14-5-4-13-11/h2-6H,1H3,(H,13,16)(H,15,17). The molecule has 5 nitrogen and oxygen atoms in total. The minimum absolute atomic E-state index is 0.0846. The maximum Gasteiger partial charge on any atom is 0.221 e. The molecule has 0 fully saturated rings. The maximum absolute atomic E-state index is 11.0. The molecule has 0 saturated heterocycles. The normalized spacial score (nSPS) is 12.1. The zero-order valence-corrected chi connectivity index (χ0v) is 10.4. The molecule has 0 radical (unpaired) electrons. The second-order valence-corrected chi connectivity index (χ2v) is 4.86. The third-order valence-corrected chi connectivity index (χ3v) is 3.49. The fraction of sp³-hybridized carbons (Fsp3) is 0.0833. The summed E-state index contributed by atoms with van der Waals surface area (Å²) in [7, 11) is 0. The van der Waals surface area contributed by atoms with Crippen molar-refractivity contribution < 1.29 is 4.79 Å². The molecule has 2 heterocycles. The first-order valence-corrected chi connectivity index (χ1v) is 6.21. The molecule has 0 atom stereocenters. The van der Waals surface area contributed by atoms with Crippen molar-refractivity contribution in [2.45, 2.75) is 16.8 Å². The number of fused-ring (bicyclic) bond motifs is 2. The molecule has 1 aromatic carbocycles. The molecule has 0 bridgehead atoms. The van der Waals surface area contributed by atoms with E-state index in [1.54, 1.807) is 24.2 Å². The average molecular weight is 258 g/mol. The predicted molar refractivity (Wildman–Crippen MR) is 70.2 cm³/mol. The molecule has 1 aliphatic heterocycles. The number of amides is 1. The van der Waals surface area contributed by atoms with Crippen LogP contribution in [0.1, 0.15) is 6.92 Å². The van der Waals surface area contributed by atoms with Crippen LogP contribution in [0.4, 0.5) is 17.2 Å². The van der Waals surface area contributed by atoms with Gasteiger partial charge >= 0.3 is 0 Å². The largest absolute Gasteiger partial charge is 0.337 e. The van der Waals surface area contributed by atoms with Crippen LogP contribution in [0.2, 0.25) is 0 Å². The number of benzene rings is 1. The van der Waals surface area contributed by atoms with E-state index in [0.717, 1.165) is 27.1 Å². The van der Waals surface area contributed by atoms with Crippen LogP contribution in [0.15, 0.2) is 40.5 Å². The number of hydrogen-bond donors (Lipinski definition) is 2. The monoisotopic (exact) mass is 258 g/mol. The van der Waals surface area contributed by atoms with Crippen LogP contribution in [0.5, 0.6) is 0 Å². The van der Waals surface area contributed by atoms with Crippen molar-refractivity contribution in [1.29, 1.82) is 0 Å². The number of carbonyl (C=O) groups is 1. The predicted octanol–water partition coefficient (Wildman–Crippen LogP) is 2.64. The van der Waals surface area contributed by atoms with Gasteiger partial charge in [-0.15, -0.1) is 0 Å². The molecule has 0 saturated carbocycles. The summed E-state index contributed by atoms with van der Waals surface area (Å²) in [4.78, 5) is 20.6. The molecule has 0 aliphatic carbocycles. The van der Waals surface area contributed by atoms with Gasteiger partial charge in [-0.25, -0.2) is 9.97 Å². The lowest BCUT2D eigenvalue weighted by Crippen LogP contribution is -2.08. The smallest absolute Gasteiger partial charge is 0.221 e. The number of hydrogen-bond acceptors (Lipinski definition) is 5. The van der Waals surface area contributed by atoms with E-state index >= 15 is 0 Å². The van der Waals surface area contributed by atoms with Crippen LogP contribution in [-0.2, 0) is 4.79 Å². The van der Waals surface area contributed by atoms with Gasteiger partial charge in [-0.05, 0) is 18.2 Å². The highest BCUT2D eigenvalue weighted by molar-refractivity contribution is 7.99. The molecule has 90 valence electrons. The maximum atomic E-state index is 11.0. The molecule has 2 N–H and O–H groups in total. The number of nitrogens with one attached hydrogen (secondary N) is 2. The van der Waals surface area contributed by atoms with Gasteiger partial charge in [0.1, 0.15) is 5.03 Å². The number of nitrogens with zero attached hydrogens (tertiary/aromatic N) is 2. The third-order valence-electron chi connectivity index (χ3n) is 2.42. The molecular weight excluding hydrogens is 248 g/mol. The van der Waals surface area contributed by atoms with Gasteiger partial charge < -0.3 is 10.6 Å². The number of carbonyl (C=O) groups excluding carboxylic acids is 1. The molecule has 1 aliphatic rings. The Morgan fingerprint density at radius 2 is 2.17 bits per heavy atom. The van der Waals surface area contributed by atoms with E-state index in [0.29, 0.717) is 0 Å². The van der Waals surface area contributed by atoms with Gasteiger partial charge in [0.15, 0.2) is 5.82 Å². The van der Waals surface area contributed by atoms with Crippen molar-refractivity contribution in [1.82, 2.24) is 9.97 Å². The first-order chi connectivity index (χ1) is 8.72. The molecular formula is C12H10N4OS. The quantitative estimate of drug-likeness (QED) is 0.702. The first kappa shape index (κ1) is 11.0. The molecule has 0 spiro atoms. The summed E-state index contributed by atoms with van der Waals surface area (Å²) < 4.78 is 0.